The lowest BCUT2D eigenvalue weighted by Crippen LogP contribution is -2.33. The predicted octanol–water partition coefficient (Wildman–Crippen LogP) is 3.10. The van der Waals surface area contributed by atoms with Crippen molar-refractivity contribution in [2.75, 3.05) is 0 Å². The molecule has 0 aliphatic heterocycles. The molecule has 1 atom stereocenters. The number of carbonyl (C=O) groups excluding carboxylic acids is 1. The van der Waals surface area contributed by atoms with Crippen LogP contribution in [0.5, 0.6) is 0 Å². The van der Waals surface area contributed by atoms with E-state index in [2.05, 4.69) is 15.3 Å². The number of amides is 1. The Morgan fingerprint density at radius 2 is 2.27 bits per heavy atom. The van der Waals surface area contributed by atoms with Crippen LogP contribution in [0, 0.1) is 19.8 Å². The second kappa shape index (κ2) is 6.13. The van der Waals surface area contributed by atoms with E-state index in [1.54, 1.807) is 0 Å². The zero-order valence-electron chi connectivity index (χ0n) is 12.9. The van der Waals surface area contributed by atoms with Crippen LogP contribution >= 0.6 is 11.6 Å². The third-order valence-corrected chi connectivity index (χ3v) is 4.65. The minimum atomic E-state index is 0.0285. The van der Waals surface area contributed by atoms with Crippen molar-refractivity contribution in [2.24, 2.45) is 5.92 Å². The summed E-state index contributed by atoms with van der Waals surface area (Å²) in [7, 11) is 0. The minimum absolute atomic E-state index is 0.0285. The average Bonchev–Trinajstić information content (AvgIpc) is 2.87. The van der Waals surface area contributed by atoms with E-state index in [0.717, 1.165) is 52.6 Å². The molecular weight excluding hydrogens is 298 g/mol. The number of carbonyl (C=O) groups is 1. The van der Waals surface area contributed by atoms with Crippen molar-refractivity contribution < 1.29 is 4.79 Å². The Morgan fingerprint density at radius 1 is 1.45 bits per heavy atom. The van der Waals surface area contributed by atoms with Crippen molar-refractivity contribution in [3.05, 3.63) is 51.6 Å². The van der Waals surface area contributed by atoms with Crippen molar-refractivity contribution in [3.8, 4) is 0 Å². The Labute approximate surface area is 135 Å². The summed E-state index contributed by atoms with van der Waals surface area (Å²) in [5.74, 6) is 1.08. The Kier molecular flexibility index (Phi) is 4.21. The van der Waals surface area contributed by atoms with Gasteiger partial charge in [0.2, 0.25) is 5.91 Å². The molecule has 4 nitrogen and oxygen atoms in total. The Balaban J connectivity index is 1.59. The molecule has 0 fully saturated rings. The van der Waals surface area contributed by atoms with Gasteiger partial charge in [-0.05, 0) is 43.9 Å². The molecule has 1 aliphatic carbocycles. The van der Waals surface area contributed by atoms with E-state index < -0.39 is 0 Å². The maximum atomic E-state index is 12.4. The number of nitrogens with zero attached hydrogens (tertiary/aromatic N) is 1. The smallest absolute Gasteiger partial charge is 0.223 e. The van der Waals surface area contributed by atoms with Gasteiger partial charge >= 0.3 is 0 Å². The number of fused-ring (bicyclic) bond motifs is 1. The molecule has 1 heterocycles. The van der Waals surface area contributed by atoms with Gasteiger partial charge in [-0.3, -0.25) is 4.79 Å². The molecule has 3 rings (SSSR count). The van der Waals surface area contributed by atoms with Crippen molar-refractivity contribution in [2.45, 2.75) is 39.7 Å². The van der Waals surface area contributed by atoms with E-state index >= 15 is 0 Å². The van der Waals surface area contributed by atoms with Gasteiger partial charge in [-0.2, -0.15) is 0 Å². The maximum absolute atomic E-state index is 12.4. The number of nitrogens with one attached hydrogen (secondary N) is 2. The van der Waals surface area contributed by atoms with Crippen LogP contribution in [0.15, 0.2) is 18.2 Å². The van der Waals surface area contributed by atoms with Gasteiger partial charge < -0.3 is 10.3 Å². The van der Waals surface area contributed by atoms with Gasteiger partial charge in [0.25, 0.3) is 0 Å². The van der Waals surface area contributed by atoms with Crippen LogP contribution in [-0.4, -0.2) is 15.9 Å². The Bertz CT molecular complexity index is 708. The van der Waals surface area contributed by atoms with E-state index in [9.17, 15) is 4.79 Å². The van der Waals surface area contributed by atoms with Crippen molar-refractivity contribution >= 4 is 17.5 Å². The number of benzene rings is 1. The summed E-state index contributed by atoms with van der Waals surface area (Å²) in [4.78, 5) is 20.1. The number of halogens is 1. The van der Waals surface area contributed by atoms with Crippen LogP contribution in [0.2, 0.25) is 5.02 Å². The second-order valence-corrected chi connectivity index (χ2v) is 6.40. The quantitative estimate of drug-likeness (QED) is 0.914. The van der Waals surface area contributed by atoms with Gasteiger partial charge in [-0.15, -0.1) is 0 Å². The SMILES string of the molecule is Cc1nc2c([nH]1)CC(C(=O)NCc1ccc(Cl)c(C)c1)CC2. The molecule has 1 aromatic carbocycles. The highest BCUT2D eigenvalue weighted by atomic mass is 35.5. The van der Waals surface area contributed by atoms with Gasteiger partial charge in [0.15, 0.2) is 0 Å². The lowest BCUT2D eigenvalue weighted by Gasteiger charge is -2.20. The molecule has 0 saturated carbocycles. The molecule has 5 heteroatoms. The molecule has 0 radical (unpaired) electrons. The van der Waals surface area contributed by atoms with Crippen LogP contribution in [0.25, 0.3) is 0 Å². The summed E-state index contributed by atoms with van der Waals surface area (Å²) in [6.07, 6.45) is 2.49. The summed E-state index contributed by atoms with van der Waals surface area (Å²) < 4.78 is 0. The largest absolute Gasteiger partial charge is 0.352 e. The van der Waals surface area contributed by atoms with Crippen LogP contribution in [-0.2, 0) is 24.2 Å². The van der Waals surface area contributed by atoms with E-state index in [1.165, 1.54) is 0 Å². The van der Waals surface area contributed by atoms with E-state index in [0.29, 0.717) is 6.54 Å². The van der Waals surface area contributed by atoms with Gasteiger partial charge in [-0.1, -0.05) is 23.7 Å². The second-order valence-electron chi connectivity index (χ2n) is 5.99. The van der Waals surface area contributed by atoms with E-state index in [1.807, 2.05) is 32.0 Å². The van der Waals surface area contributed by atoms with Gasteiger partial charge in [0.1, 0.15) is 5.82 Å². The standard InChI is InChI=1S/C17H20ClN3O/c1-10-7-12(3-5-14(10)18)9-19-17(22)13-4-6-15-16(8-13)21-11(2)20-15/h3,5,7,13H,4,6,8-9H2,1-2H3,(H,19,22)(H,20,21). The Hall–Kier alpha value is -1.81. The molecule has 0 saturated heterocycles. The summed E-state index contributed by atoms with van der Waals surface area (Å²) in [6.45, 7) is 4.47. The monoisotopic (exact) mass is 317 g/mol. The maximum Gasteiger partial charge on any atom is 0.223 e. The fourth-order valence-electron chi connectivity index (χ4n) is 3.00. The molecule has 0 bridgehead atoms. The third kappa shape index (κ3) is 3.17. The number of hydrogen-bond donors (Lipinski definition) is 2. The highest BCUT2D eigenvalue weighted by Crippen LogP contribution is 2.24. The fraction of sp³-hybridized carbons (Fsp3) is 0.412. The van der Waals surface area contributed by atoms with Crippen LogP contribution < -0.4 is 5.32 Å². The summed E-state index contributed by atoms with van der Waals surface area (Å²) in [6, 6.07) is 5.84. The number of aromatic amines is 1. The number of hydrogen-bond acceptors (Lipinski definition) is 2. The number of rotatable bonds is 3. The first-order valence-electron chi connectivity index (χ1n) is 7.60. The van der Waals surface area contributed by atoms with Crippen molar-refractivity contribution in [1.82, 2.24) is 15.3 Å². The fourth-order valence-corrected chi connectivity index (χ4v) is 3.12. The molecular formula is C17H20ClN3O. The molecule has 116 valence electrons. The normalized spacial score (nSPS) is 17.1. The Morgan fingerprint density at radius 3 is 3.05 bits per heavy atom. The van der Waals surface area contributed by atoms with Crippen molar-refractivity contribution in [1.29, 1.82) is 0 Å². The number of H-pyrrole nitrogens is 1. The van der Waals surface area contributed by atoms with Gasteiger partial charge in [-0.25, -0.2) is 4.98 Å². The minimum Gasteiger partial charge on any atom is -0.352 e. The predicted molar refractivity (Wildman–Crippen MR) is 86.9 cm³/mol. The molecule has 2 N–H and O–H groups in total. The molecule has 0 spiro atoms. The number of aryl methyl sites for hydroxylation is 3. The average molecular weight is 318 g/mol. The van der Waals surface area contributed by atoms with Crippen LogP contribution in [0.1, 0.15) is 34.8 Å². The molecule has 2 aromatic rings. The third-order valence-electron chi connectivity index (χ3n) is 4.22. The molecule has 1 amide bonds. The van der Waals surface area contributed by atoms with Gasteiger partial charge in [0.05, 0.1) is 5.69 Å². The van der Waals surface area contributed by atoms with Crippen molar-refractivity contribution in [3.63, 3.8) is 0 Å². The van der Waals surface area contributed by atoms with Gasteiger partial charge in [0, 0.05) is 29.6 Å². The summed E-state index contributed by atoms with van der Waals surface area (Å²) in [5.41, 5.74) is 4.34. The highest BCUT2D eigenvalue weighted by Gasteiger charge is 2.26. The number of aromatic nitrogens is 2. The first-order chi connectivity index (χ1) is 10.5. The zero-order valence-corrected chi connectivity index (χ0v) is 13.6. The van der Waals surface area contributed by atoms with E-state index in [-0.39, 0.29) is 11.8 Å². The topological polar surface area (TPSA) is 57.8 Å². The van der Waals surface area contributed by atoms with E-state index in [4.69, 9.17) is 11.6 Å². The highest BCUT2D eigenvalue weighted by molar-refractivity contribution is 6.31. The van der Waals surface area contributed by atoms with Crippen LogP contribution in [0.3, 0.4) is 0 Å². The first kappa shape index (κ1) is 15.1. The number of imidazole rings is 1. The molecule has 1 aliphatic rings. The summed E-state index contributed by atoms with van der Waals surface area (Å²) in [5, 5.41) is 3.79. The first-order valence-corrected chi connectivity index (χ1v) is 7.98. The lowest BCUT2D eigenvalue weighted by atomic mass is 9.89. The lowest BCUT2D eigenvalue weighted by molar-refractivity contribution is -0.125. The summed E-state index contributed by atoms with van der Waals surface area (Å²) >= 11 is 6.02. The molecule has 1 aromatic heterocycles. The van der Waals surface area contributed by atoms with Crippen LogP contribution in [0.4, 0.5) is 0 Å². The molecule has 22 heavy (non-hydrogen) atoms. The molecule has 1 unspecified atom stereocenters. The zero-order chi connectivity index (χ0) is 15.7.